The first-order chi connectivity index (χ1) is 13.9. The Hall–Kier alpha value is -2.67. The van der Waals surface area contributed by atoms with E-state index in [1.54, 1.807) is 0 Å². The molecule has 1 spiro atoms. The molecule has 29 heavy (non-hydrogen) atoms. The first-order valence-electron chi connectivity index (χ1n) is 10.1. The maximum atomic E-state index is 10.6. The third-order valence-corrected chi connectivity index (χ3v) is 5.97. The lowest BCUT2D eigenvalue weighted by Crippen LogP contribution is -2.45. The van der Waals surface area contributed by atoms with Crippen LogP contribution in [-0.4, -0.2) is 59.7 Å². The Morgan fingerprint density at radius 1 is 1.28 bits per heavy atom. The molecule has 7 heteroatoms. The number of piperidine rings is 1. The van der Waals surface area contributed by atoms with Gasteiger partial charge in [-0.15, -0.1) is 0 Å². The second-order valence-corrected chi connectivity index (χ2v) is 8.36. The van der Waals surface area contributed by atoms with Gasteiger partial charge in [-0.05, 0) is 55.5 Å². The van der Waals surface area contributed by atoms with E-state index < -0.39 is 5.97 Å². The highest BCUT2D eigenvalue weighted by atomic mass is 16.5. The van der Waals surface area contributed by atoms with Crippen LogP contribution in [0.5, 0.6) is 5.75 Å². The number of ether oxygens (including phenoxy) is 1. The smallest absolute Gasteiger partial charge is 0.341 e. The van der Waals surface area contributed by atoms with E-state index in [-0.39, 0.29) is 12.0 Å². The molecule has 4 rings (SSSR count). The number of fused-ring (bicyclic) bond motifs is 2. The topological polar surface area (TPSA) is 78.8 Å². The van der Waals surface area contributed by atoms with Crippen molar-refractivity contribution >= 4 is 11.9 Å². The fourth-order valence-corrected chi connectivity index (χ4v) is 4.60. The fourth-order valence-electron chi connectivity index (χ4n) is 4.60. The van der Waals surface area contributed by atoms with E-state index in [0.717, 1.165) is 38.4 Å². The van der Waals surface area contributed by atoms with Gasteiger partial charge in [-0.3, -0.25) is 4.90 Å². The number of carboxylic acid groups (broad SMARTS) is 1. The molecule has 0 bridgehead atoms. The average Bonchev–Trinajstić information content (AvgIpc) is 3.04. The predicted molar refractivity (Wildman–Crippen MR) is 110 cm³/mol. The number of likely N-dealkylation sites (tertiary alicyclic amines) is 1. The molecule has 1 aliphatic heterocycles. The van der Waals surface area contributed by atoms with Crippen molar-refractivity contribution in [3.63, 3.8) is 0 Å². The van der Waals surface area contributed by atoms with Gasteiger partial charge in [0.1, 0.15) is 5.75 Å². The van der Waals surface area contributed by atoms with Crippen LogP contribution in [0, 0.1) is 0 Å². The molecule has 154 valence electrons. The number of aryl methyl sites for hydroxylation is 1. The minimum atomic E-state index is -0.967. The number of hydrogen-bond acceptors (Lipinski definition) is 6. The van der Waals surface area contributed by atoms with Crippen LogP contribution in [0.15, 0.2) is 30.5 Å². The summed E-state index contributed by atoms with van der Waals surface area (Å²) in [7, 11) is 3.97. The summed E-state index contributed by atoms with van der Waals surface area (Å²) in [6.45, 7) is 2.66. The summed E-state index contributed by atoms with van der Waals surface area (Å²) in [5.74, 6) is 0.411. The quantitative estimate of drug-likeness (QED) is 0.804. The number of benzene rings is 1. The van der Waals surface area contributed by atoms with Crippen molar-refractivity contribution in [2.24, 2.45) is 0 Å². The summed E-state index contributed by atoms with van der Waals surface area (Å²) < 4.78 is 5.23. The summed E-state index contributed by atoms with van der Waals surface area (Å²) in [6, 6.07) is 7.74. The van der Waals surface area contributed by atoms with Crippen LogP contribution in [0.1, 0.15) is 36.1 Å². The third kappa shape index (κ3) is 4.19. The number of anilines is 1. The molecule has 1 N–H and O–H groups in total. The van der Waals surface area contributed by atoms with Crippen molar-refractivity contribution in [2.75, 3.05) is 38.7 Å². The molecule has 7 nitrogen and oxygen atoms in total. The van der Waals surface area contributed by atoms with Gasteiger partial charge in [-0.2, -0.15) is 0 Å². The number of carboxylic acids is 1. The standard InChI is InChI=1S/C22H28N4O3/c1-25(2)21-23-12-17-8-10-22(20(17)24-21)9-3-11-26(15-22)13-16-4-6-18(7-5-16)29-14-19(27)28/h4-7,12H,3,8-11,13-15H2,1-2H3,(H,27,28). The maximum absolute atomic E-state index is 10.6. The molecule has 1 atom stereocenters. The largest absolute Gasteiger partial charge is 0.482 e. The second-order valence-electron chi connectivity index (χ2n) is 8.36. The van der Waals surface area contributed by atoms with Crippen LogP contribution in [0.25, 0.3) is 0 Å². The summed E-state index contributed by atoms with van der Waals surface area (Å²) in [5, 5.41) is 8.72. The summed E-state index contributed by atoms with van der Waals surface area (Å²) in [6.07, 6.45) is 6.57. The van der Waals surface area contributed by atoms with Crippen molar-refractivity contribution in [3.05, 3.63) is 47.3 Å². The van der Waals surface area contributed by atoms with Gasteiger partial charge in [0.25, 0.3) is 0 Å². The van der Waals surface area contributed by atoms with E-state index in [1.807, 2.05) is 49.5 Å². The van der Waals surface area contributed by atoms with Crippen LogP contribution in [0.4, 0.5) is 5.95 Å². The van der Waals surface area contributed by atoms with E-state index >= 15 is 0 Å². The van der Waals surface area contributed by atoms with Gasteiger partial charge in [0.2, 0.25) is 5.95 Å². The van der Waals surface area contributed by atoms with Crippen molar-refractivity contribution < 1.29 is 14.6 Å². The molecule has 2 heterocycles. The number of carbonyl (C=O) groups is 1. The van der Waals surface area contributed by atoms with Crippen molar-refractivity contribution in [1.82, 2.24) is 14.9 Å². The molecular formula is C22H28N4O3. The minimum absolute atomic E-state index is 0.131. The predicted octanol–water partition coefficient (Wildman–Crippen LogP) is 2.49. The van der Waals surface area contributed by atoms with Gasteiger partial charge < -0.3 is 14.7 Å². The SMILES string of the molecule is CN(C)c1ncc2c(n1)C1(CCCN(Cc3ccc(OCC(=O)O)cc3)C1)CC2. The lowest BCUT2D eigenvalue weighted by Gasteiger charge is -2.40. The maximum Gasteiger partial charge on any atom is 0.341 e. The van der Waals surface area contributed by atoms with Crippen molar-refractivity contribution in [2.45, 2.75) is 37.6 Å². The van der Waals surface area contributed by atoms with E-state index in [4.69, 9.17) is 14.8 Å². The van der Waals surface area contributed by atoms with E-state index in [0.29, 0.717) is 5.75 Å². The molecule has 0 amide bonds. The van der Waals surface area contributed by atoms with Gasteiger partial charge in [-0.25, -0.2) is 14.8 Å². The first-order valence-corrected chi connectivity index (χ1v) is 10.1. The summed E-state index contributed by atoms with van der Waals surface area (Å²) >= 11 is 0. The van der Waals surface area contributed by atoms with Gasteiger partial charge >= 0.3 is 5.97 Å². The average molecular weight is 396 g/mol. The van der Waals surface area contributed by atoms with Crippen LogP contribution >= 0.6 is 0 Å². The molecule has 2 aliphatic rings. The molecule has 1 aromatic heterocycles. The molecule has 2 aromatic rings. The molecular weight excluding hydrogens is 368 g/mol. The minimum Gasteiger partial charge on any atom is -0.482 e. The van der Waals surface area contributed by atoms with Gasteiger partial charge in [0.05, 0.1) is 5.69 Å². The molecule has 1 aliphatic carbocycles. The van der Waals surface area contributed by atoms with Crippen molar-refractivity contribution in [3.8, 4) is 5.75 Å². The van der Waals surface area contributed by atoms with Gasteiger partial charge in [-0.1, -0.05) is 12.1 Å². The zero-order valence-electron chi connectivity index (χ0n) is 17.1. The molecule has 1 unspecified atom stereocenters. The number of hydrogen-bond donors (Lipinski definition) is 1. The van der Waals surface area contributed by atoms with Crippen molar-refractivity contribution in [1.29, 1.82) is 0 Å². The molecule has 1 aromatic carbocycles. The van der Waals surface area contributed by atoms with Crippen LogP contribution in [0.3, 0.4) is 0 Å². The molecule has 1 fully saturated rings. The number of aromatic nitrogens is 2. The molecule has 0 saturated carbocycles. The third-order valence-electron chi connectivity index (χ3n) is 5.97. The van der Waals surface area contributed by atoms with Crippen LogP contribution in [-0.2, 0) is 23.2 Å². The fraction of sp³-hybridized carbons (Fsp3) is 0.500. The highest BCUT2D eigenvalue weighted by molar-refractivity contribution is 5.68. The Morgan fingerprint density at radius 3 is 2.79 bits per heavy atom. The Labute approximate surface area is 171 Å². The Bertz CT molecular complexity index is 880. The second kappa shape index (κ2) is 7.99. The van der Waals surface area contributed by atoms with Gasteiger partial charge in [0, 0.05) is 38.8 Å². The Kier molecular flexibility index (Phi) is 5.41. The summed E-state index contributed by atoms with van der Waals surface area (Å²) in [5.41, 5.74) is 3.89. The molecule has 1 saturated heterocycles. The van der Waals surface area contributed by atoms with E-state index in [2.05, 4.69) is 9.88 Å². The summed E-state index contributed by atoms with van der Waals surface area (Å²) in [4.78, 5) is 24.6. The van der Waals surface area contributed by atoms with E-state index in [1.165, 1.54) is 29.7 Å². The number of aliphatic carboxylic acids is 1. The number of nitrogens with zero attached hydrogens (tertiary/aromatic N) is 4. The zero-order valence-corrected chi connectivity index (χ0v) is 17.1. The van der Waals surface area contributed by atoms with E-state index in [9.17, 15) is 4.79 Å². The monoisotopic (exact) mass is 396 g/mol. The highest BCUT2D eigenvalue weighted by Gasteiger charge is 2.43. The highest BCUT2D eigenvalue weighted by Crippen LogP contribution is 2.44. The first kappa shape index (κ1) is 19.6. The Balaban J connectivity index is 1.46. The van der Waals surface area contributed by atoms with Crippen LogP contribution < -0.4 is 9.64 Å². The lowest BCUT2D eigenvalue weighted by molar-refractivity contribution is -0.139. The van der Waals surface area contributed by atoms with Gasteiger partial charge in [0.15, 0.2) is 6.61 Å². The lowest BCUT2D eigenvalue weighted by atomic mass is 9.77. The Morgan fingerprint density at radius 2 is 2.07 bits per heavy atom. The number of rotatable bonds is 6. The normalized spacial score (nSPS) is 21.2. The van der Waals surface area contributed by atoms with Crippen LogP contribution in [0.2, 0.25) is 0 Å². The molecule has 0 radical (unpaired) electrons. The zero-order chi connectivity index (χ0) is 20.4.